The molecule has 0 N–H and O–H groups in total. The average Bonchev–Trinajstić information content (AvgIpc) is 2.36. The molecule has 19 heavy (non-hydrogen) atoms. The number of rotatable bonds is 7. The lowest BCUT2D eigenvalue weighted by Crippen LogP contribution is -2.46. The number of carbonyl (C=O) groups excluding carboxylic acids is 1. The second-order valence-corrected chi connectivity index (χ2v) is 7.03. The molecule has 0 bridgehead atoms. The average molecular weight is 266 g/mol. The quantitative estimate of drug-likeness (QED) is 0.584. The van der Waals surface area contributed by atoms with Gasteiger partial charge < -0.3 is 0 Å². The minimum absolute atomic E-state index is 0.00225. The Balaban J connectivity index is 3.04. The Morgan fingerprint density at radius 2 is 1.95 bits per heavy atom. The number of ketones is 1. The van der Waals surface area contributed by atoms with Gasteiger partial charge in [0.2, 0.25) is 0 Å². The molecule has 0 aromatic heterocycles. The Labute approximate surface area is 120 Å². The van der Waals surface area contributed by atoms with E-state index in [-0.39, 0.29) is 5.41 Å². The first kappa shape index (κ1) is 16.7. The van der Waals surface area contributed by atoms with E-state index >= 15 is 0 Å². The third kappa shape index (κ3) is 3.61. The predicted molar refractivity (Wildman–Crippen MR) is 83.2 cm³/mol. The number of hydrogen-bond acceptors (Lipinski definition) is 1. The van der Waals surface area contributed by atoms with E-state index in [1.54, 1.807) is 0 Å². The lowest BCUT2D eigenvalue weighted by atomic mass is 9.54. The van der Waals surface area contributed by atoms with Gasteiger partial charge in [-0.05, 0) is 37.5 Å². The van der Waals surface area contributed by atoms with Crippen LogP contribution in [0.15, 0.2) is 0 Å². The van der Waals surface area contributed by atoms with Crippen LogP contribution in [0.25, 0.3) is 0 Å². The summed E-state index contributed by atoms with van der Waals surface area (Å²) in [4.78, 5) is 12.5. The minimum Gasteiger partial charge on any atom is -0.299 e. The summed E-state index contributed by atoms with van der Waals surface area (Å²) in [7, 11) is 0. The number of Topliss-reactive ketones (excluding diaryl/α,β-unsaturated/α-hetero) is 1. The summed E-state index contributed by atoms with van der Waals surface area (Å²) in [5.41, 5.74) is 0.00225. The third-order valence-corrected chi connectivity index (χ3v) is 5.40. The fourth-order valence-electron chi connectivity index (χ4n) is 4.72. The van der Waals surface area contributed by atoms with Crippen molar-refractivity contribution < 1.29 is 4.79 Å². The molecule has 1 nitrogen and oxygen atoms in total. The van der Waals surface area contributed by atoms with Gasteiger partial charge in [0.05, 0.1) is 0 Å². The van der Waals surface area contributed by atoms with Gasteiger partial charge in [-0.1, -0.05) is 66.2 Å². The molecule has 0 radical (unpaired) electrons. The molecule has 0 aromatic rings. The lowest BCUT2D eigenvalue weighted by molar-refractivity contribution is -0.137. The van der Waals surface area contributed by atoms with Crippen LogP contribution in [0.3, 0.4) is 0 Å². The van der Waals surface area contributed by atoms with Crippen LogP contribution in [0.2, 0.25) is 0 Å². The lowest BCUT2D eigenvalue weighted by Gasteiger charge is -2.49. The van der Waals surface area contributed by atoms with Gasteiger partial charge in [0.25, 0.3) is 0 Å². The van der Waals surface area contributed by atoms with E-state index in [4.69, 9.17) is 0 Å². The van der Waals surface area contributed by atoms with Crippen molar-refractivity contribution in [1.29, 1.82) is 0 Å². The standard InChI is InChI=1S/C18H34O/c1-6-8-12-18(15(5)19)13-9-11-16(10-7-2)17(18)14(3)4/h14,16-17H,6-13H2,1-5H3. The van der Waals surface area contributed by atoms with Crippen molar-refractivity contribution in [3.05, 3.63) is 0 Å². The van der Waals surface area contributed by atoms with Crippen LogP contribution in [0.1, 0.15) is 86.0 Å². The monoisotopic (exact) mass is 266 g/mol. The first-order valence-electron chi connectivity index (χ1n) is 8.50. The van der Waals surface area contributed by atoms with Crippen molar-refractivity contribution in [2.45, 2.75) is 86.0 Å². The SMILES string of the molecule is CCCCC1(C(C)=O)CCCC(CCC)C1C(C)C. The van der Waals surface area contributed by atoms with Gasteiger partial charge in [-0.15, -0.1) is 0 Å². The molecular formula is C18H34O. The van der Waals surface area contributed by atoms with Gasteiger partial charge in [-0.2, -0.15) is 0 Å². The van der Waals surface area contributed by atoms with Crippen LogP contribution in [-0.2, 0) is 4.79 Å². The molecule has 0 amide bonds. The third-order valence-electron chi connectivity index (χ3n) is 5.40. The second kappa shape index (κ2) is 7.45. The van der Waals surface area contributed by atoms with Gasteiger partial charge in [-0.3, -0.25) is 4.79 Å². The first-order valence-corrected chi connectivity index (χ1v) is 8.50. The van der Waals surface area contributed by atoms with Crippen LogP contribution in [0.5, 0.6) is 0 Å². The molecule has 3 atom stereocenters. The maximum atomic E-state index is 12.5. The number of unbranched alkanes of at least 4 members (excludes halogenated alkanes) is 1. The molecule has 1 rings (SSSR count). The molecule has 0 aromatic carbocycles. The van der Waals surface area contributed by atoms with E-state index in [0.717, 1.165) is 18.8 Å². The largest absolute Gasteiger partial charge is 0.299 e. The Morgan fingerprint density at radius 1 is 1.26 bits per heavy atom. The Morgan fingerprint density at radius 3 is 2.42 bits per heavy atom. The summed E-state index contributed by atoms with van der Waals surface area (Å²) in [6.45, 7) is 11.1. The zero-order chi connectivity index (χ0) is 14.5. The summed E-state index contributed by atoms with van der Waals surface area (Å²) in [6.07, 6.45) is 9.86. The molecule has 0 spiro atoms. The van der Waals surface area contributed by atoms with Crippen molar-refractivity contribution in [2.75, 3.05) is 0 Å². The van der Waals surface area contributed by atoms with E-state index in [1.807, 2.05) is 6.92 Å². The molecule has 112 valence electrons. The highest BCUT2D eigenvalue weighted by molar-refractivity contribution is 5.83. The van der Waals surface area contributed by atoms with Gasteiger partial charge in [0.1, 0.15) is 5.78 Å². The smallest absolute Gasteiger partial charge is 0.136 e. The van der Waals surface area contributed by atoms with E-state index in [1.165, 1.54) is 38.5 Å². The van der Waals surface area contributed by atoms with Crippen LogP contribution >= 0.6 is 0 Å². The second-order valence-electron chi connectivity index (χ2n) is 7.03. The van der Waals surface area contributed by atoms with Crippen LogP contribution in [-0.4, -0.2) is 5.78 Å². The van der Waals surface area contributed by atoms with E-state index in [9.17, 15) is 4.79 Å². The molecular weight excluding hydrogens is 232 g/mol. The summed E-state index contributed by atoms with van der Waals surface area (Å²) in [6, 6.07) is 0. The first-order chi connectivity index (χ1) is 8.99. The maximum Gasteiger partial charge on any atom is 0.136 e. The zero-order valence-electron chi connectivity index (χ0n) is 13.8. The highest BCUT2D eigenvalue weighted by Crippen LogP contribution is 2.52. The minimum atomic E-state index is 0.00225. The van der Waals surface area contributed by atoms with Crippen LogP contribution in [0, 0.1) is 23.2 Å². The van der Waals surface area contributed by atoms with Crippen molar-refractivity contribution in [3.8, 4) is 0 Å². The molecule has 1 heteroatoms. The normalized spacial score (nSPS) is 31.7. The van der Waals surface area contributed by atoms with E-state index in [0.29, 0.717) is 17.6 Å². The number of carbonyl (C=O) groups is 1. The highest BCUT2D eigenvalue weighted by atomic mass is 16.1. The summed E-state index contributed by atoms with van der Waals surface area (Å²) in [5, 5.41) is 0. The Kier molecular flexibility index (Phi) is 6.56. The molecule has 0 aliphatic heterocycles. The Hall–Kier alpha value is -0.330. The summed E-state index contributed by atoms with van der Waals surface area (Å²) >= 11 is 0. The van der Waals surface area contributed by atoms with Crippen molar-refractivity contribution in [1.82, 2.24) is 0 Å². The summed E-state index contributed by atoms with van der Waals surface area (Å²) in [5.74, 6) is 2.50. The van der Waals surface area contributed by atoms with Crippen LogP contribution in [0.4, 0.5) is 0 Å². The van der Waals surface area contributed by atoms with Crippen molar-refractivity contribution in [2.24, 2.45) is 23.2 Å². The summed E-state index contributed by atoms with van der Waals surface area (Å²) < 4.78 is 0. The molecule has 1 aliphatic rings. The zero-order valence-corrected chi connectivity index (χ0v) is 13.8. The molecule has 0 heterocycles. The molecule has 1 aliphatic carbocycles. The van der Waals surface area contributed by atoms with Gasteiger partial charge in [-0.25, -0.2) is 0 Å². The Bertz CT molecular complexity index is 279. The van der Waals surface area contributed by atoms with Crippen molar-refractivity contribution >= 4 is 5.78 Å². The topological polar surface area (TPSA) is 17.1 Å². The number of hydrogen-bond donors (Lipinski definition) is 0. The van der Waals surface area contributed by atoms with E-state index < -0.39 is 0 Å². The van der Waals surface area contributed by atoms with E-state index in [2.05, 4.69) is 27.7 Å². The fraction of sp³-hybridized carbons (Fsp3) is 0.944. The highest BCUT2D eigenvalue weighted by Gasteiger charge is 2.48. The predicted octanol–water partition coefficient (Wildman–Crippen LogP) is 5.62. The van der Waals surface area contributed by atoms with Gasteiger partial charge in [0.15, 0.2) is 0 Å². The molecule has 1 saturated carbocycles. The molecule has 1 fully saturated rings. The van der Waals surface area contributed by atoms with Gasteiger partial charge >= 0.3 is 0 Å². The fourth-order valence-corrected chi connectivity index (χ4v) is 4.72. The molecule has 3 unspecified atom stereocenters. The van der Waals surface area contributed by atoms with Gasteiger partial charge in [0, 0.05) is 5.41 Å². The van der Waals surface area contributed by atoms with Crippen molar-refractivity contribution in [3.63, 3.8) is 0 Å². The van der Waals surface area contributed by atoms with Crippen LogP contribution < -0.4 is 0 Å². The maximum absolute atomic E-state index is 12.5. The molecule has 0 saturated heterocycles.